The number of methoxy groups -OCH3 is 1. The lowest BCUT2D eigenvalue weighted by Crippen LogP contribution is -2.62. The first-order valence-corrected chi connectivity index (χ1v) is 24.7. The lowest BCUT2D eigenvalue weighted by molar-refractivity contribution is -0.155. The molecule has 0 radical (unpaired) electrons. The molecule has 2 aromatic carbocycles. The minimum atomic E-state index is -1.17. The Kier molecular flexibility index (Phi) is 16.2. The molecule has 3 N–H and O–H groups in total. The van der Waals surface area contributed by atoms with Crippen LogP contribution in [0, 0.1) is 17.3 Å². The number of carbonyl (C=O) groups is 5. The van der Waals surface area contributed by atoms with Gasteiger partial charge < -0.3 is 39.2 Å². The van der Waals surface area contributed by atoms with Crippen LogP contribution in [-0.2, 0) is 52.8 Å². The van der Waals surface area contributed by atoms with Crippen molar-refractivity contribution in [3.63, 3.8) is 0 Å². The Morgan fingerprint density at radius 1 is 1.04 bits per heavy atom. The maximum absolute atomic E-state index is 14.8. The number of pyridine rings is 1. The van der Waals surface area contributed by atoms with Gasteiger partial charge in [-0.1, -0.05) is 45.9 Å². The van der Waals surface area contributed by atoms with Gasteiger partial charge in [-0.3, -0.25) is 34.0 Å². The van der Waals surface area contributed by atoms with Crippen molar-refractivity contribution < 1.29 is 38.6 Å². The van der Waals surface area contributed by atoms with E-state index in [9.17, 15) is 29.1 Å². The third kappa shape index (κ3) is 11.4. The molecular formula is C54H72N8O8. The Hall–Kier alpha value is -6.10. The molecule has 0 unspecified atom stereocenters. The molecule has 5 atom stereocenters. The second-order valence-electron chi connectivity index (χ2n) is 20.6. The van der Waals surface area contributed by atoms with E-state index in [0.29, 0.717) is 50.9 Å². The Balaban J connectivity index is 1.26. The number of nitrogens with one attached hydrogen (secondary N) is 2. The number of hydrogen-bond acceptors (Lipinski definition) is 11. The third-order valence-electron chi connectivity index (χ3n) is 13.9. The minimum Gasteiger partial charge on any atom is -0.508 e. The lowest BCUT2D eigenvalue weighted by Gasteiger charge is -2.37. The number of cyclic esters (lactones) is 1. The normalized spacial score (nSPS) is 20.7. The molecule has 0 saturated carbocycles. The first-order valence-electron chi connectivity index (χ1n) is 24.7. The molecular weight excluding hydrogens is 889 g/mol. The van der Waals surface area contributed by atoms with Crippen LogP contribution in [0.25, 0.3) is 33.3 Å². The average molecular weight is 961 g/mol. The number of nitrogens with zero attached hydrogens (tertiary/aromatic N) is 6. The second kappa shape index (κ2) is 21.9. The summed E-state index contributed by atoms with van der Waals surface area (Å²) in [5.74, 6) is -2.76. The van der Waals surface area contributed by atoms with Gasteiger partial charge >= 0.3 is 5.97 Å². The highest BCUT2D eigenvalue weighted by atomic mass is 16.5. The van der Waals surface area contributed by atoms with Crippen LogP contribution >= 0.6 is 0 Å². The first-order chi connectivity index (χ1) is 33.3. The van der Waals surface area contributed by atoms with Gasteiger partial charge in [0.15, 0.2) is 0 Å². The smallest absolute Gasteiger partial charge is 0.324 e. The predicted octanol–water partition coefficient (Wildman–Crippen LogP) is 5.90. The Morgan fingerprint density at radius 2 is 1.81 bits per heavy atom. The van der Waals surface area contributed by atoms with Gasteiger partial charge in [0, 0.05) is 87.5 Å². The minimum absolute atomic E-state index is 0.0113. The van der Waals surface area contributed by atoms with Crippen LogP contribution in [0.4, 0.5) is 0 Å². The van der Waals surface area contributed by atoms with Gasteiger partial charge in [-0.2, -0.15) is 0 Å². The molecule has 4 amide bonds. The van der Waals surface area contributed by atoms with Gasteiger partial charge in [-0.05, 0) is 118 Å². The predicted molar refractivity (Wildman–Crippen MR) is 269 cm³/mol. The Bertz CT molecular complexity index is 2620. The second-order valence-corrected chi connectivity index (χ2v) is 20.6. The molecule has 376 valence electrons. The summed E-state index contributed by atoms with van der Waals surface area (Å²) in [6.07, 6.45) is 6.75. The topological polar surface area (TPSA) is 179 Å². The van der Waals surface area contributed by atoms with E-state index in [2.05, 4.69) is 54.3 Å². The van der Waals surface area contributed by atoms with Crippen LogP contribution in [0.2, 0.25) is 0 Å². The SMILES string of the molecule is CCn1c(-c2cccnc2[C@H](C)OC)c2c3cc(ccc31)-c1cc(O)cc(c1)C[C@H](NC(=O)[C@H](C(C)C)N(C)C(=O)[C@H]1CCN(C(=O)/C=C/CN(C)C)C1)C(=O)N1CCC[C@H](N1)C(=O)OCC(C)(C)C2. The number of aromatic hydroxyl groups is 1. The number of phenols is 1. The van der Waals surface area contributed by atoms with E-state index in [4.69, 9.17) is 14.5 Å². The summed E-state index contributed by atoms with van der Waals surface area (Å²) in [5, 5.41) is 16.8. The summed E-state index contributed by atoms with van der Waals surface area (Å²) < 4.78 is 14.2. The number of aryl methyl sites for hydroxylation is 1. The fourth-order valence-electron chi connectivity index (χ4n) is 10.3. The van der Waals surface area contributed by atoms with E-state index in [1.165, 1.54) is 16.0 Å². The number of hydrogen-bond donors (Lipinski definition) is 3. The molecule has 16 nitrogen and oxygen atoms in total. The molecule has 3 aliphatic rings. The first kappa shape index (κ1) is 51.7. The van der Waals surface area contributed by atoms with Crippen LogP contribution in [0.3, 0.4) is 0 Å². The molecule has 70 heavy (non-hydrogen) atoms. The summed E-state index contributed by atoms with van der Waals surface area (Å²) in [6.45, 7) is 14.3. The standard InChI is InChI=1S/C54H72N8O8/c1-11-61-45-19-18-36-29-41(45)42(49(61)40-15-12-21-55-47(40)34(4)69-10)30-54(5,6)32-70-53(68)43-16-13-23-62(57-43)52(67)44(27-35-25-38(36)28-39(63)26-35)56-50(65)48(33(2)3)59(9)51(66)37-20-24-60(31-37)46(64)17-14-22-58(7)8/h12,14-15,17-19,21,25-26,28-29,33-34,37,43-44,48,57,63H,11,13,16,20,22-24,27,30-32H2,1-10H3,(H,56,65)/b17-14+/t34-,37-,43-,44-,48-/m0/s1. The number of likely N-dealkylation sites (N-methyl/N-ethyl adjacent to an activating group) is 2. The van der Waals surface area contributed by atoms with E-state index >= 15 is 0 Å². The van der Waals surface area contributed by atoms with Crippen LogP contribution in [0.5, 0.6) is 5.75 Å². The summed E-state index contributed by atoms with van der Waals surface area (Å²) in [5.41, 5.74) is 9.54. The maximum Gasteiger partial charge on any atom is 0.324 e. The highest BCUT2D eigenvalue weighted by Gasteiger charge is 2.40. The van der Waals surface area contributed by atoms with Crippen molar-refractivity contribution in [2.75, 3.05) is 61.0 Å². The number of esters is 1. The van der Waals surface area contributed by atoms with Gasteiger partial charge in [0.2, 0.25) is 17.7 Å². The summed E-state index contributed by atoms with van der Waals surface area (Å²) in [6, 6.07) is 12.5. The summed E-state index contributed by atoms with van der Waals surface area (Å²) >= 11 is 0. The molecule has 2 saturated heterocycles. The Morgan fingerprint density at radius 3 is 2.53 bits per heavy atom. The van der Waals surface area contributed by atoms with Gasteiger partial charge in [-0.25, -0.2) is 5.43 Å². The largest absolute Gasteiger partial charge is 0.508 e. The number of hydrazine groups is 1. The highest BCUT2D eigenvalue weighted by molar-refractivity contribution is 5.96. The van der Waals surface area contributed by atoms with Crippen molar-refractivity contribution in [2.45, 2.75) is 104 Å². The molecule has 6 bridgehead atoms. The number of amides is 4. The molecule has 4 aromatic rings. The molecule has 3 aliphatic heterocycles. The number of benzene rings is 2. The average Bonchev–Trinajstić information content (AvgIpc) is 3.94. The Labute approximate surface area is 412 Å². The lowest BCUT2D eigenvalue weighted by atomic mass is 9.84. The molecule has 2 aromatic heterocycles. The number of rotatable bonds is 12. The van der Waals surface area contributed by atoms with Crippen LogP contribution < -0.4 is 10.7 Å². The van der Waals surface area contributed by atoms with Gasteiger partial charge in [0.25, 0.3) is 5.91 Å². The number of likely N-dealkylation sites (tertiary alicyclic amines) is 1. The molecule has 16 heteroatoms. The number of aromatic nitrogens is 2. The van der Waals surface area contributed by atoms with Crippen molar-refractivity contribution in [2.24, 2.45) is 17.3 Å². The van der Waals surface area contributed by atoms with E-state index in [1.54, 1.807) is 43.5 Å². The van der Waals surface area contributed by atoms with Crippen molar-refractivity contribution in [1.82, 2.24) is 40.0 Å². The quantitative estimate of drug-likeness (QED) is 0.114. The van der Waals surface area contributed by atoms with Crippen molar-refractivity contribution in [3.05, 3.63) is 83.7 Å². The van der Waals surface area contributed by atoms with Crippen molar-refractivity contribution in [3.8, 4) is 28.1 Å². The van der Waals surface area contributed by atoms with Crippen molar-refractivity contribution in [1.29, 1.82) is 0 Å². The molecule has 7 rings (SSSR count). The van der Waals surface area contributed by atoms with Gasteiger partial charge in [-0.15, -0.1) is 0 Å². The van der Waals surface area contributed by atoms with E-state index in [-0.39, 0.29) is 55.7 Å². The number of phenolic OH excluding ortho intramolecular Hbond substituents is 1. The molecule has 0 spiro atoms. The zero-order chi connectivity index (χ0) is 50.6. The van der Waals surface area contributed by atoms with E-state index in [1.807, 2.05) is 58.0 Å². The fraction of sp³-hybridized carbons (Fsp3) is 0.519. The van der Waals surface area contributed by atoms with Crippen LogP contribution in [-0.4, -0.2) is 143 Å². The number of fused-ring (bicyclic) bond motifs is 6. The van der Waals surface area contributed by atoms with Gasteiger partial charge in [0.1, 0.15) is 23.9 Å². The third-order valence-corrected chi connectivity index (χ3v) is 13.9. The van der Waals surface area contributed by atoms with Crippen molar-refractivity contribution >= 4 is 40.5 Å². The number of carbonyl (C=O) groups excluding carboxylic acids is 5. The highest BCUT2D eigenvalue weighted by Crippen LogP contribution is 2.42. The zero-order valence-corrected chi connectivity index (χ0v) is 42.6. The zero-order valence-electron chi connectivity index (χ0n) is 42.6. The summed E-state index contributed by atoms with van der Waals surface area (Å²) in [7, 11) is 7.10. The van der Waals surface area contributed by atoms with Gasteiger partial charge in [0.05, 0.1) is 30.0 Å². The summed E-state index contributed by atoms with van der Waals surface area (Å²) in [4.78, 5) is 80.3. The molecule has 2 fully saturated rings. The fourth-order valence-corrected chi connectivity index (χ4v) is 10.3. The van der Waals surface area contributed by atoms with Crippen LogP contribution in [0.1, 0.15) is 83.7 Å². The van der Waals surface area contributed by atoms with E-state index < -0.39 is 47.2 Å². The number of ether oxygens (including phenoxy) is 2. The monoisotopic (exact) mass is 961 g/mol. The van der Waals surface area contributed by atoms with Crippen LogP contribution in [0.15, 0.2) is 66.9 Å². The molecule has 0 aliphatic carbocycles. The molecule has 5 heterocycles. The maximum atomic E-state index is 14.8. The van der Waals surface area contributed by atoms with E-state index in [0.717, 1.165) is 44.5 Å².